The molecule has 2 aromatic rings. The van der Waals surface area contributed by atoms with Crippen LogP contribution in [0.1, 0.15) is 150 Å². The number of carbonyl (C=O) groups is 7. The number of benzene rings is 1. The van der Waals surface area contributed by atoms with Crippen molar-refractivity contribution in [2.75, 3.05) is 13.2 Å². The summed E-state index contributed by atoms with van der Waals surface area (Å²) in [5, 5.41) is 36.4. The normalized spacial score (nSPS) is 31.0. The molecule has 6 aliphatic rings. The number of carbonyl (C=O) groups excluding carboxylic acids is 7. The Morgan fingerprint density at radius 1 is 0.806 bits per heavy atom. The molecule has 1 aromatic heterocycles. The topological polar surface area (TPSA) is 489 Å². The number of phosphoric acid groups is 1. The fourth-order valence-electron chi connectivity index (χ4n) is 15.3. The van der Waals surface area contributed by atoms with Crippen LogP contribution in [0.2, 0.25) is 0 Å². The molecule has 1 aromatic carbocycles. The fraction of sp³-hybridized carbons (Fsp3) is 0.619. The first-order valence-electron chi connectivity index (χ1n) is 30.7. The molecule has 8 bridgehead atoms. The van der Waals surface area contributed by atoms with Crippen molar-refractivity contribution >= 4 is 77.3 Å². The zero-order valence-electron chi connectivity index (χ0n) is 54.4. The molecule has 509 valence electrons. The average molecular weight is 1360 g/mol. The molecule has 7 heterocycles. The second kappa shape index (κ2) is 28.5. The van der Waals surface area contributed by atoms with Gasteiger partial charge in [0.25, 0.3) is 7.82 Å². The molecule has 8 rings (SSSR count). The molecular weight excluding hydrogens is 1270 g/mol. The minimum absolute atomic E-state index is 0. The summed E-state index contributed by atoms with van der Waals surface area (Å²) < 4.78 is 31.9. The van der Waals surface area contributed by atoms with Gasteiger partial charge in [0.05, 0.1) is 41.3 Å². The predicted octanol–water partition coefficient (Wildman–Crippen LogP) is 3.41. The van der Waals surface area contributed by atoms with E-state index in [0.29, 0.717) is 56.4 Å². The molecule has 1 radical (unpaired) electrons. The van der Waals surface area contributed by atoms with Gasteiger partial charge in [0.2, 0.25) is 41.4 Å². The molecule has 15 N–H and O–H groups in total. The second-order valence-electron chi connectivity index (χ2n) is 27.0. The number of aliphatic hydroxyl groups is 2. The monoisotopic (exact) mass is 1350 g/mol. The fourth-order valence-corrected chi connectivity index (χ4v) is 16.4. The quantitative estimate of drug-likeness (QED) is 0.0481. The number of nitrogens with one attached hydrogen (secondary N) is 1. The number of imidazole rings is 1. The number of rotatable bonds is 26. The van der Waals surface area contributed by atoms with Crippen molar-refractivity contribution in [2.45, 2.75) is 189 Å². The number of nitrogens with zero attached hydrogens (tertiary/aromatic N) is 7. The van der Waals surface area contributed by atoms with Gasteiger partial charge in [-0.2, -0.15) is 5.70 Å². The molecule has 0 aliphatic carbocycles. The van der Waals surface area contributed by atoms with Crippen molar-refractivity contribution in [3.63, 3.8) is 0 Å². The average Bonchev–Trinajstić information content (AvgIpc) is 1.53. The number of aliphatic hydroxyl groups excluding tert-OH is 2. The minimum atomic E-state index is -5.32. The Morgan fingerprint density at radius 3 is 1.96 bits per heavy atom. The number of hydrogen-bond donors (Lipinski definition) is 9. The summed E-state index contributed by atoms with van der Waals surface area (Å²) >= 11 is 0. The maximum absolute atomic E-state index is 14.4. The van der Waals surface area contributed by atoms with E-state index in [1.165, 1.54) is 17.8 Å². The van der Waals surface area contributed by atoms with Crippen molar-refractivity contribution in [2.24, 2.45) is 94.7 Å². The van der Waals surface area contributed by atoms with E-state index in [9.17, 15) is 53.2 Å². The van der Waals surface area contributed by atoms with Crippen molar-refractivity contribution in [3.8, 4) is 0 Å². The van der Waals surface area contributed by atoms with Crippen LogP contribution in [0.5, 0.6) is 0 Å². The van der Waals surface area contributed by atoms with Crippen molar-refractivity contribution < 1.29 is 83.8 Å². The van der Waals surface area contributed by atoms with E-state index in [2.05, 4.69) is 10.3 Å². The van der Waals surface area contributed by atoms with E-state index >= 15 is 0 Å². The van der Waals surface area contributed by atoms with E-state index in [1.54, 1.807) is 6.92 Å². The summed E-state index contributed by atoms with van der Waals surface area (Å²) in [7, 11) is -5.32. The number of fused-ring (bicyclic) bond motifs is 7. The Hall–Kier alpha value is -7.00. The van der Waals surface area contributed by atoms with Gasteiger partial charge < -0.3 is 90.3 Å². The standard InChI is InChI=1S/C62H90N13O14P.CN.Co/c1-29-20-39-40(21-30(29)2)75(28-70-39)57-52(84)53(41(27-76)87-57)89-90(85,86)88-31(3)26-69-49(83)18-19-59(8)37(22-46(66)80)56-62(11)61(10,25-48(68)82)36(14-17-45(65)79)51(74-62)33(5)55-60(9,24-47(67)81)34(12-15-43(63)77)38(71-55)23-42-58(6,7)35(13-16-44(64)78)50(72-42)32(4)54(59)73-56;1-2;/h20-21,23,28,31,34-37,41,52-53,56-57,76,84H,12-19,22,24-27H2,1-11H3,(H15,63,64,65,66,67,68,69,71,72,73,74,77,78,79,80,81,82,83,85,86);;/q;-1;+2/p-2/t31-,34-,35-,36-,37+,41-,52-,53-,56-,57+,59-,60+,61+,62+;;/m1../s1. The van der Waals surface area contributed by atoms with Crippen LogP contribution in [-0.4, -0.2) is 127 Å². The summed E-state index contributed by atoms with van der Waals surface area (Å²) in [6.45, 7) is 23.7. The smallest absolute Gasteiger partial charge is 0.756 e. The van der Waals surface area contributed by atoms with E-state index in [-0.39, 0.29) is 94.0 Å². The molecule has 93 heavy (non-hydrogen) atoms. The number of aryl methyl sites for hydroxylation is 2. The molecule has 6 aliphatic heterocycles. The Bertz CT molecular complexity index is 3600. The predicted molar refractivity (Wildman–Crippen MR) is 337 cm³/mol. The molecule has 7 amide bonds. The second-order valence-corrected chi connectivity index (χ2v) is 28.3. The third-order valence-electron chi connectivity index (χ3n) is 20.5. The molecule has 1 unspecified atom stereocenters. The van der Waals surface area contributed by atoms with E-state index < -0.39 is 143 Å². The number of aromatic nitrogens is 2. The molecule has 15 atom stereocenters. The molecule has 2 fully saturated rings. The largest absolute Gasteiger partial charge is 2.00 e. The number of aliphatic imine (C=N–C) groups is 3. The maximum atomic E-state index is 14.4. The number of hydrogen-bond acceptors (Lipinski definition) is 19. The van der Waals surface area contributed by atoms with Gasteiger partial charge in [-0.15, -0.1) is 0 Å². The first kappa shape index (κ1) is 75.0. The van der Waals surface area contributed by atoms with E-state index in [4.69, 9.17) is 80.3 Å². The third kappa shape index (κ3) is 14.6. The first-order valence-corrected chi connectivity index (χ1v) is 32.2. The number of amides is 7. The Labute approximate surface area is 551 Å². The number of allylic oxidation sites excluding steroid dienone is 6. The molecule has 30 heteroatoms. The molecular formula is C63H88CoN14O14P-. The van der Waals surface area contributed by atoms with Gasteiger partial charge in [0, 0.05) is 108 Å². The van der Waals surface area contributed by atoms with Crippen LogP contribution in [0.4, 0.5) is 0 Å². The third-order valence-corrected chi connectivity index (χ3v) is 21.6. The summed E-state index contributed by atoms with van der Waals surface area (Å²) in [5.74, 6) is -7.40. The van der Waals surface area contributed by atoms with Crippen LogP contribution >= 0.6 is 7.82 Å². The number of phosphoric ester groups is 1. The van der Waals surface area contributed by atoms with Gasteiger partial charge in [-0.1, -0.05) is 40.7 Å². The van der Waals surface area contributed by atoms with Crippen LogP contribution in [0.15, 0.2) is 67.8 Å². The molecule has 28 nitrogen and oxygen atoms in total. The summed E-state index contributed by atoms with van der Waals surface area (Å²) in [4.78, 5) is 128. The number of primary amides is 6. The number of ether oxygens (including phenoxy) is 1. The Kier molecular flexibility index (Phi) is 23.0. The van der Waals surface area contributed by atoms with Crippen LogP contribution in [0, 0.1) is 71.0 Å². The molecule has 2 saturated heterocycles. The Morgan fingerprint density at radius 2 is 1.39 bits per heavy atom. The van der Waals surface area contributed by atoms with Crippen molar-refractivity contribution in [1.82, 2.24) is 14.9 Å². The van der Waals surface area contributed by atoms with Crippen LogP contribution in [0.3, 0.4) is 0 Å². The molecule has 0 spiro atoms. The van der Waals surface area contributed by atoms with Crippen LogP contribution in [-0.2, 0) is 68.7 Å². The van der Waals surface area contributed by atoms with Crippen molar-refractivity contribution in [3.05, 3.63) is 75.8 Å². The summed E-state index contributed by atoms with van der Waals surface area (Å²) in [6.07, 6.45) is -4.79. The van der Waals surface area contributed by atoms with Gasteiger partial charge >= 0.3 is 16.8 Å². The minimum Gasteiger partial charge on any atom is -0.756 e. The molecule has 0 saturated carbocycles. The Balaban J connectivity index is 0.00000453. The SMILES string of the molecule is CC1=C2[N-][C@H]([C@H](CC(N)=O)[C@@]2(C)CCC(=O)NC[C@@H](C)OP(=O)([O-])O[C@H]2[C@@H](O)[C@@H](n3cnc4cc(C)c(C)cc43)O[C@@H]2CO)[C@]2(C)N=C(C(C)=C3N=C(C=C4N=C1[C@@H](CCC(N)=O)C4(C)C)[C@@H](CCC(N)=O)[C@]3(C)CC(N)=O)[C@@H](CCC(N)=O)[C@]2(C)CC(N)=O.[C-]#N.[Co+2]. The maximum Gasteiger partial charge on any atom is 2.00 e. The van der Waals surface area contributed by atoms with Gasteiger partial charge in [-0.25, -0.2) is 4.98 Å². The number of nitrogens with two attached hydrogens (primary N) is 6. The van der Waals surface area contributed by atoms with Gasteiger partial charge in [0.15, 0.2) is 6.23 Å². The summed E-state index contributed by atoms with van der Waals surface area (Å²) in [6, 6.07) is 2.65. The zero-order valence-corrected chi connectivity index (χ0v) is 56.4. The van der Waals surface area contributed by atoms with Crippen LogP contribution in [0.25, 0.3) is 16.4 Å². The zero-order chi connectivity index (χ0) is 68.7. The van der Waals surface area contributed by atoms with Gasteiger partial charge in [0.1, 0.15) is 18.3 Å². The van der Waals surface area contributed by atoms with Crippen LogP contribution < -0.4 is 44.6 Å². The van der Waals surface area contributed by atoms with E-state index in [0.717, 1.165) is 11.1 Å². The van der Waals surface area contributed by atoms with Crippen molar-refractivity contribution in [1.29, 1.82) is 5.26 Å². The van der Waals surface area contributed by atoms with Gasteiger partial charge in [-0.3, -0.25) is 53.1 Å². The van der Waals surface area contributed by atoms with E-state index in [1.807, 2.05) is 80.5 Å². The summed E-state index contributed by atoms with van der Waals surface area (Å²) in [5.41, 5.74) is 36.7. The van der Waals surface area contributed by atoms with Gasteiger partial charge in [-0.05, 0) is 119 Å². The first-order chi connectivity index (χ1) is 42.8.